The largest absolute Gasteiger partial charge is 0.355 e. The third-order valence-electron chi connectivity index (χ3n) is 2.50. The zero-order valence-corrected chi connectivity index (χ0v) is 11.4. The van der Waals surface area contributed by atoms with Gasteiger partial charge in [0.15, 0.2) is 0 Å². The Morgan fingerprint density at radius 3 is 2.38 bits per heavy atom. The molecular weight excluding hydrogens is 202 g/mol. The van der Waals surface area contributed by atoms with Gasteiger partial charge < -0.3 is 15.5 Å². The van der Waals surface area contributed by atoms with Crippen LogP contribution in [0.1, 0.15) is 33.6 Å². The van der Waals surface area contributed by atoms with Crippen LogP contribution in [0.3, 0.4) is 0 Å². The molecule has 16 heavy (non-hydrogen) atoms. The third-order valence-corrected chi connectivity index (χ3v) is 2.50. The minimum absolute atomic E-state index is 0.0826. The summed E-state index contributed by atoms with van der Waals surface area (Å²) in [5.74, 6) is 0.0826. The first-order chi connectivity index (χ1) is 7.40. The van der Waals surface area contributed by atoms with Gasteiger partial charge in [0.2, 0.25) is 5.91 Å². The Hall–Kier alpha value is -0.610. The van der Waals surface area contributed by atoms with E-state index in [1.807, 2.05) is 20.8 Å². The Morgan fingerprint density at radius 2 is 1.88 bits per heavy atom. The number of amides is 1. The molecular formula is C12H27N3O. The number of nitrogens with one attached hydrogen (secondary N) is 2. The number of nitrogens with zero attached hydrogens (tertiary/aromatic N) is 1. The van der Waals surface area contributed by atoms with Crippen LogP contribution in [0.4, 0.5) is 0 Å². The molecule has 0 bridgehead atoms. The van der Waals surface area contributed by atoms with E-state index in [9.17, 15) is 4.79 Å². The molecule has 0 unspecified atom stereocenters. The fourth-order valence-electron chi connectivity index (χ4n) is 1.50. The normalized spacial score (nSPS) is 11.9. The summed E-state index contributed by atoms with van der Waals surface area (Å²) >= 11 is 0. The van der Waals surface area contributed by atoms with Gasteiger partial charge in [-0.05, 0) is 53.9 Å². The van der Waals surface area contributed by atoms with Crippen molar-refractivity contribution in [2.24, 2.45) is 0 Å². The number of likely N-dealkylation sites (N-methyl/N-ethyl adjacent to an activating group) is 1. The average molecular weight is 229 g/mol. The molecule has 96 valence electrons. The molecule has 0 aromatic heterocycles. The van der Waals surface area contributed by atoms with Gasteiger partial charge in [-0.1, -0.05) is 6.92 Å². The highest BCUT2D eigenvalue weighted by Crippen LogP contribution is 2.01. The Labute approximate surface area is 99.8 Å². The molecule has 0 aliphatic carbocycles. The van der Waals surface area contributed by atoms with Gasteiger partial charge in [-0.25, -0.2) is 0 Å². The van der Waals surface area contributed by atoms with Gasteiger partial charge in [0.05, 0.1) is 5.54 Å². The van der Waals surface area contributed by atoms with Gasteiger partial charge in [-0.2, -0.15) is 0 Å². The molecule has 0 saturated carbocycles. The Morgan fingerprint density at radius 1 is 1.25 bits per heavy atom. The van der Waals surface area contributed by atoms with E-state index in [0.717, 1.165) is 32.5 Å². The number of hydrogen-bond donors (Lipinski definition) is 2. The van der Waals surface area contributed by atoms with Crippen LogP contribution in [0.15, 0.2) is 0 Å². The van der Waals surface area contributed by atoms with Crippen molar-refractivity contribution in [3.8, 4) is 0 Å². The lowest BCUT2D eigenvalue weighted by Gasteiger charge is -2.24. The molecule has 4 nitrogen and oxygen atoms in total. The molecule has 0 aliphatic rings. The summed E-state index contributed by atoms with van der Waals surface area (Å²) < 4.78 is 0. The van der Waals surface area contributed by atoms with E-state index in [-0.39, 0.29) is 5.91 Å². The first kappa shape index (κ1) is 15.4. The molecule has 0 spiro atoms. The van der Waals surface area contributed by atoms with Crippen LogP contribution < -0.4 is 10.6 Å². The topological polar surface area (TPSA) is 44.4 Å². The zero-order chi connectivity index (χ0) is 12.6. The fraction of sp³-hybridized carbons (Fsp3) is 0.917. The van der Waals surface area contributed by atoms with Gasteiger partial charge in [0, 0.05) is 6.54 Å². The van der Waals surface area contributed by atoms with Crippen LogP contribution in [0.5, 0.6) is 0 Å². The molecule has 0 saturated heterocycles. The first-order valence-electron chi connectivity index (χ1n) is 6.08. The van der Waals surface area contributed by atoms with Crippen LogP contribution >= 0.6 is 0 Å². The van der Waals surface area contributed by atoms with E-state index in [2.05, 4.69) is 29.6 Å². The van der Waals surface area contributed by atoms with E-state index >= 15 is 0 Å². The molecule has 0 atom stereocenters. The summed E-state index contributed by atoms with van der Waals surface area (Å²) in [6.45, 7) is 8.47. The Bertz CT molecular complexity index is 202. The Balaban J connectivity index is 3.65. The van der Waals surface area contributed by atoms with Gasteiger partial charge in [-0.3, -0.25) is 4.79 Å². The monoisotopic (exact) mass is 229 g/mol. The number of carbonyl (C=O) groups excluding carboxylic acids is 1. The molecule has 0 heterocycles. The lowest BCUT2D eigenvalue weighted by Crippen LogP contribution is -2.52. The maximum absolute atomic E-state index is 11.8. The molecule has 4 heteroatoms. The van der Waals surface area contributed by atoms with Gasteiger partial charge >= 0.3 is 0 Å². The van der Waals surface area contributed by atoms with E-state index in [1.165, 1.54) is 0 Å². The lowest BCUT2D eigenvalue weighted by atomic mass is 10.0. The number of unbranched alkanes of at least 4 members (excludes halogenated alkanes) is 1. The van der Waals surface area contributed by atoms with Crippen LogP contribution in [-0.2, 0) is 4.79 Å². The summed E-state index contributed by atoms with van der Waals surface area (Å²) in [7, 11) is 4.12. The predicted molar refractivity (Wildman–Crippen MR) is 68.6 cm³/mol. The minimum atomic E-state index is -0.462. The van der Waals surface area contributed by atoms with Crippen molar-refractivity contribution in [3.05, 3.63) is 0 Å². The highest BCUT2D eigenvalue weighted by atomic mass is 16.2. The first-order valence-corrected chi connectivity index (χ1v) is 6.08. The van der Waals surface area contributed by atoms with Gasteiger partial charge in [-0.15, -0.1) is 0 Å². The molecule has 0 aromatic carbocycles. The van der Waals surface area contributed by atoms with Crippen molar-refractivity contribution < 1.29 is 4.79 Å². The molecule has 0 radical (unpaired) electrons. The second kappa shape index (κ2) is 7.63. The quantitative estimate of drug-likeness (QED) is 0.606. The highest BCUT2D eigenvalue weighted by molar-refractivity contribution is 5.85. The summed E-state index contributed by atoms with van der Waals surface area (Å²) in [4.78, 5) is 13.9. The van der Waals surface area contributed by atoms with Crippen molar-refractivity contribution >= 4 is 5.91 Å². The van der Waals surface area contributed by atoms with Crippen molar-refractivity contribution in [1.29, 1.82) is 0 Å². The minimum Gasteiger partial charge on any atom is -0.355 e. The second-order valence-electron chi connectivity index (χ2n) is 4.92. The van der Waals surface area contributed by atoms with Gasteiger partial charge in [0.25, 0.3) is 0 Å². The van der Waals surface area contributed by atoms with Gasteiger partial charge in [0.1, 0.15) is 0 Å². The van der Waals surface area contributed by atoms with E-state index in [1.54, 1.807) is 0 Å². The zero-order valence-electron chi connectivity index (χ0n) is 11.4. The summed E-state index contributed by atoms with van der Waals surface area (Å²) in [5.41, 5.74) is -0.462. The summed E-state index contributed by atoms with van der Waals surface area (Å²) in [5, 5.41) is 6.12. The highest BCUT2D eigenvalue weighted by Gasteiger charge is 2.25. The summed E-state index contributed by atoms with van der Waals surface area (Å²) in [6, 6.07) is 0. The summed E-state index contributed by atoms with van der Waals surface area (Å²) in [6.07, 6.45) is 2.15. The van der Waals surface area contributed by atoms with Crippen molar-refractivity contribution in [2.75, 3.05) is 33.7 Å². The Kier molecular flexibility index (Phi) is 7.34. The molecule has 2 N–H and O–H groups in total. The van der Waals surface area contributed by atoms with Crippen molar-refractivity contribution in [3.63, 3.8) is 0 Å². The standard InChI is InChI=1S/C12H27N3O/c1-6-14-12(2,3)11(16)13-9-7-8-10-15(4)5/h14H,6-10H2,1-5H3,(H,13,16). The van der Waals surface area contributed by atoms with Crippen molar-refractivity contribution in [2.45, 2.75) is 39.2 Å². The third kappa shape index (κ3) is 6.80. The molecule has 0 aliphatic heterocycles. The van der Waals surface area contributed by atoms with E-state index < -0.39 is 5.54 Å². The smallest absolute Gasteiger partial charge is 0.239 e. The van der Waals surface area contributed by atoms with Crippen LogP contribution in [0.25, 0.3) is 0 Å². The lowest BCUT2D eigenvalue weighted by molar-refractivity contribution is -0.126. The molecule has 0 rings (SSSR count). The van der Waals surface area contributed by atoms with Crippen LogP contribution in [-0.4, -0.2) is 50.1 Å². The fourth-order valence-corrected chi connectivity index (χ4v) is 1.50. The SMILES string of the molecule is CCNC(C)(C)C(=O)NCCCCN(C)C. The van der Waals surface area contributed by atoms with E-state index in [0.29, 0.717) is 0 Å². The maximum Gasteiger partial charge on any atom is 0.239 e. The molecule has 0 fully saturated rings. The van der Waals surface area contributed by atoms with E-state index in [4.69, 9.17) is 0 Å². The number of carbonyl (C=O) groups is 1. The molecule has 0 aromatic rings. The number of rotatable bonds is 8. The number of hydrogen-bond acceptors (Lipinski definition) is 3. The maximum atomic E-state index is 11.8. The predicted octanol–water partition coefficient (Wildman–Crippen LogP) is 0.833. The second-order valence-corrected chi connectivity index (χ2v) is 4.92. The van der Waals surface area contributed by atoms with Crippen molar-refractivity contribution in [1.82, 2.24) is 15.5 Å². The van der Waals surface area contributed by atoms with Crippen LogP contribution in [0.2, 0.25) is 0 Å². The van der Waals surface area contributed by atoms with Crippen LogP contribution in [0, 0.1) is 0 Å². The molecule has 1 amide bonds. The average Bonchev–Trinajstić information content (AvgIpc) is 2.16.